The number of rotatable bonds is 5. The largest absolute Gasteiger partial charge is 0.351 e. The van der Waals surface area contributed by atoms with Gasteiger partial charge in [-0.05, 0) is 51.6 Å². The quantitative estimate of drug-likeness (QED) is 0.883. The zero-order chi connectivity index (χ0) is 17.8. The molecule has 0 unspecified atom stereocenters. The van der Waals surface area contributed by atoms with Crippen molar-refractivity contribution in [3.63, 3.8) is 0 Å². The molecule has 0 spiro atoms. The lowest BCUT2D eigenvalue weighted by atomic mass is 9.89. The highest BCUT2D eigenvalue weighted by molar-refractivity contribution is 5.37. The topological polar surface area (TPSA) is 57.2 Å². The van der Waals surface area contributed by atoms with E-state index in [2.05, 4.69) is 39.0 Å². The van der Waals surface area contributed by atoms with Crippen molar-refractivity contribution >= 4 is 11.9 Å². The minimum atomic E-state index is 0.303. The van der Waals surface area contributed by atoms with E-state index >= 15 is 0 Å². The molecule has 140 valence electrons. The van der Waals surface area contributed by atoms with E-state index in [0.717, 1.165) is 23.8 Å². The molecule has 3 rings (SSSR count). The first-order valence-electron chi connectivity index (χ1n) is 9.97. The summed E-state index contributed by atoms with van der Waals surface area (Å²) < 4.78 is 0. The van der Waals surface area contributed by atoms with Crippen LogP contribution in [0.3, 0.4) is 0 Å². The number of nitrogens with one attached hydrogen (secondary N) is 1. The van der Waals surface area contributed by atoms with Crippen molar-refractivity contribution in [1.82, 2.24) is 19.9 Å². The summed E-state index contributed by atoms with van der Waals surface area (Å²) in [7, 11) is 3.96. The lowest BCUT2D eigenvalue weighted by Crippen LogP contribution is -2.43. The minimum Gasteiger partial charge on any atom is -0.351 e. The fraction of sp³-hybridized carbons (Fsp3) is 0.842. The summed E-state index contributed by atoms with van der Waals surface area (Å²) in [5.41, 5.74) is 0. The second-order valence-electron chi connectivity index (χ2n) is 8.11. The second kappa shape index (κ2) is 8.30. The third-order valence-electron chi connectivity index (χ3n) is 5.49. The highest BCUT2D eigenvalue weighted by atomic mass is 15.3. The van der Waals surface area contributed by atoms with Crippen molar-refractivity contribution in [2.24, 2.45) is 0 Å². The Morgan fingerprint density at radius 1 is 0.960 bits per heavy atom. The third-order valence-corrected chi connectivity index (χ3v) is 5.49. The zero-order valence-electron chi connectivity index (χ0n) is 16.3. The van der Waals surface area contributed by atoms with Gasteiger partial charge in [0, 0.05) is 32.1 Å². The van der Waals surface area contributed by atoms with Crippen LogP contribution in [0.2, 0.25) is 0 Å². The van der Waals surface area contributed by atoms with Gasteiger partial charge in [-0.1, -0.05) is 20.3 Å². The van der Waals surface area contributed by atoms with E-state index < -0.39 is 0 Å². The summed E-state index contributed by atoms with van der Waals surface area (Å²) >= 11 is 0. The maximum Gasteiger partial charge on any atom is 0.229 e. The Kier molecular flexibility index (Phi) is 6.10. The number of hydrogen-bond acceptors (Lipinski definition) is 6. The van der Waals surface area contributed by atoms with Gasteiger partial charge >= 0.3 is 0 Å². The molecule has 0 aromatic carbocycles. The van der Waals surface area contributed by atoms with Gasteiger partial charge in [-0.2, -0.15) is 15.0 Å². The first-order valence-corrected chi connectivity index (χ1v) is 9.97. The molecule has 1 aromatic heterocycles. The highest BCUT2D eigenvalue weighted by Gasteiger charge is 2.27. The molecule has 2 fully saturated rings. The summed E-state index contributed by atoms with van der Waals surface area (Å²) in [5, 5.41) is 3.59. The van der Waals surface area contributed by atoms with E-state index in [1.165, 1.54) is 58.0 Å². The third kappa shape index (κ3) is 4.81. The van der Waals surface area contributed by atoms with Gasteiger partial charge in [-0.3, -0.25) is 0 Å². The van der Waals surface area contributed by atoms with Crippen molar-refractivity contribution in [3.05, 3.63) is 5.82 Å². The molecule has 1 aromatic rings. The molecule has 1 aliphatic heterocycles. The van der Waals surface area contributed by atoms with Gasteiger partial charge < -0.3 is 15.1 Å². The smallest absolute Gasteiger partial charge is 0.229 e. The van der Waals surface area contributed by atoms with E-state index in [0.29, 0.717) is 12.0 Å². The Morgan fingerprint density at radius 2 is 1.64 bits per heavy atom. The van der Waals surface area contributed by atoms with Crippen molar-refractivity contribution in [2.45, 2.75) is 76.8 Å². The maximum atomic E-state index is 4.65. The summed E-state index contributed by atoms with van der Waals surface area (Å²) in [6, 6.07) is 1.28. The standard InChI is InChI=1S/C19H34N6/c1-14(2)17-21-18(23-19(22-17)24(3)4)20-15-8-10-16(11-9-15)25-12-6-5-7-13-25/h14-16H,5-13H2,1-4H3,(H,20,21,22,23). The van der Waals surface area contributed by atoms with Crippen LogP contribution < -0.4 is 10.2 Å². The van der Waals surface area contributed by atoms with Gasteiger partial charge in [0.15, 0.2) is 0 Å². The van der Waals surface area contributed by atoms with Crippen molar-refractivity contribution in [2.75, 3.05) is 37.4 Å². The molecular formula is C19H34N6. The van der Waals surface area contributed by atoms with Gasteiger partial charge in [-0.15, -0.1) is 0 Å². The van der Waals surface area contributed by atoms with Gasteiger partial charge in [0.2, 0.25) is 11.9 Å². The summed E-state index contributed by atoms with van der Waals surface area (Å²) in [5.74, 6) is 2.65. The summed E-state index contributed by atoms with van der Waals surface area (Å²) in [6.45, 7) is 6.87. The van der Waals surface area contributed by atoms with Crippen LogP contribution >= 0.6 is 0 Å². The molecule has 0 bridgehead atoms. The van der Waals surface area contributed by atoms with Gasteiger partial charge in [0.25, 0.3) is 0 Å². The fourth-order valence-electron chi connectivity index (χ4n) is 3.95. The molecule has 2 heterocycles. The summed E-state index contributed by atoms with van der Waals surface area (Å²) in [6.07, 6.45) is 9.19. The lowest BCUT2D eigenvalue weighted by molar-refractivity contribution is 0.127. The van der Waals surface area contributed by atoms with Gasteiger partial charge in [-0.25, -0.2) is 0 Å². The molecule has 1 aliphatic carbocycles. The molecule has 6 nitrogen and oxygen atoms in total. The molecular weight excluding hydrogens is 312 g/mol. The van der Waals surface area contributed by atoms with Crippen LogP contribution in [0.25, 0.3) is 0 Å². The van der Waals surface area contributed by atoms with Gasteiger partial charge in [0.05, 0.1) is 0 Å². The van der Waals surface area contributed by atoms with E-state index in [-0.39, 0.29) is 0 Å². The second-order valence-corrected chi connectivity index (χ2v) is 8.11. The molecule has 1 N–H and O–H groups in total. The fourth-order valence-corrected chi connectivity index (χ4v) is 3.95. The Morgan fingerprint density at radius 3 is 2.24 bits per heavy atom. The average Bonchev–Trinajstić information content (AvgIpc) is 2.62. The predicted octanol–water partition coefficient (Wildman–Crippen LogP) is 3.27. The molecule has 1 saturated carbocycles. The maximum absolute atomic E-state index is 4.65. The van der Waals surface area contributed by atoms with Crippen molar-refractivity contribution in [3.8, 4) is 0 Å². The average molecular weight is 347 g/mol. The molecule has 0 amide bonds. The Hall–Kier alpha value is -1.43. The lowest BCUT2D eigenvalue weighted by Gasteiger charge is -2.39. The Labute approximate surface area is 152 Å². The first-order chi connectivity index (χ1) is 12.0. The molecule has 0 radical (unpaired) electrons. The first kappa shape index (κ1) is 18.4. The Bertz CT molecular complexity index is 519. The van der Waals surface area contributed by atoms with Crippen LogP contribution in [0.5, 0.6) is 0 Å². The molecule has 1 saturated heterocycles. The zero-order valence-corrected chi connectivity index (χ0v) is 16.3. The number of hydrogen-bond donors (Lipinski definition) is 1. The number of nitrogens with zero attached hydrogens (tertiary/aromatic N) is 5. The SMILES string of the molecule is CC(C)c1nc(NC2CCC(N3CCCCC3)CC2)nc(N(C)C)n1. The molecule has 6 heteroatoms. The van der Waals surface area contributed by atoms with Gasteiger partial charge in [0.1, 0.15) is 5.82 Å². The van der Waals surface area contributed by atoms with Crippen LogP contribution in [0.4, 0.5) is 11.9 Å². The number of piperidine rings is 1. The Balaban J connectivity index is 1.59. The summed E-state index contributed by atoms with van der Waals surface area (Å²) in [4.78, 5) is 18.5. The highest BCUT2D eigenvalue weighted by Crippen LogP contribution is 2.27. The normalized spacial score (nSPS) is 25.2. The molecule has 25 heavy (non-hydrogen) atoms. The number of likely N-dealkylation sites (tertiary alicyclic amines) is 1. The van der Waals surface area contributed by atoms with Crippen LogP contribution in [-0.4, -0.2) is 59.1 Å². The minimum absolute atomic E-state index is 0.303. The number of anilines is 2. The number of aromatic nitrogens is 3. The molecule has 2 aliphatic rings. The van der Waals surface area contributed by atoms with Crippen LogP contribution in [-0.2, 0) is 0 Å². The molecule has 0 atom stereocenters. The van der Waals surface area contributed by atoms with Crippen molar-refractivity contribution in [1.29, 1.82) is 0 Å². The van der Waals surface area contributed by atoms with E-state index in [4.69, 9.17) is 0 Å². The van der Waals surface area contributed by atoms with E-state index in [1.807, 2.05) is 19.0 Å². The monoisotopic (exact) mass is 346 g/mol. The van der Waals surface area contributed by atoms with Crippen LogP contribution in [0.1, 0.15) is 70.5 Å². The predicted molar refractivity (Wildman–Crippen MR) is 103 cm³/mol. The van der Waals surface area contributed by atoms with E-state index in [1.54, 1.807) is 0 Å². The van der Waals surface area contributed by atoms with Crippen LogP contribution in [0.15, 0.2) is 0 Å². The van der Waals surface area contributed by atoms with E-state index in [9.17, 15) is 0 Å². The van der Waals surface area contributed by atoms with Crippen LogP contribution in [0, 0.1) is 0 Å². The van der Waals surface area contributed by atoms with Crippen molar-refractivity contribution < 1.29 is 0 Å².